The first-order chi connectivity index (χ1) is 11.8. The summed E-state index contributed by atoms with van der Waals surface area (Å²) in [5.41, 5.74) is 2.26. The van der Waals surface area contributed by atoms with E-state index in [0.717, 1.165) is 22.1 Å². The highest BCUT2D eigenvalue weighted by atomic mass is 16.5. The van der Waals surface area contributed by atoms with E-state index in [1.165, 1.54) is 0 Å². The molecule has 0 saturated heterocycles. The molecule has 4 rings (SSSR count). The highest BCUT2D eigenvalue weighted by Gasteiger charge is 2.25. The molecule has 0 aliphatic carbocycles. The van der Waals surface area contributed by atoms with Gasteiger partial charge in [0.1, 0.15) is 18.1 Å². The normalized spacial score (nSPS) is 15.2. The van der Waals surface area contributed by atoms with Gasteiger partial charge in [0.05, 0.1) is 12.7 Å². The van der Waals surface area contributed by atoms with Crippen molar-refractivity contribution in [2.45, 2.75) is 0 Å². The van der Waals surface area contributed by atoms with E-state index in [1.807, 2.05) is 66.7 Å². The summed E-state index contributed by atoms with van der Waals surface area (Å²) in [5.74, 6) is 1.48. The highest BCUT2D eigenvalue weighted by molar-refractivity contribution is 6.20. The van der Waals surface area contributed by atoms with E-state index >= 15 is 0 Å². The van der Waals surface area contributed by atoms with Gasteiger partial charge in [-0.2, -0.15) is 0 Å². The van der Waals surface area contributed by atoms with E-state index in [9.17, 15) is 4.79 Å². The molecule has 0 atom stereocenters. The summed E-state index contributed by atoms with van der Waals surface area (Å²) < 4.78 is 11.0. The van der Waals surface area contributed by atoms with Crippen LogP contribution in [0, 0.1) is 0 Å². The van der Waals surface area contributed by atoms with Crippen LogP contribution in [0.4, 0.5) is 0 Å². The van der Waals surface area contributed by atoms with Crippen molar-refractivity contribution in [3.05, 3.63) is 77.4 Å². The quantitative estimate of drug-likeness (QED) is 0.653. The van der Waals surface area contributed by atoms with Crippen LogP contribution in [0.2, 0.25) is 0 Å². The smallest absolute Gasteiger partial charge is 0.196 e. The van der Waals surface area contributed by atoms with Gasteiger partial charge in [0.25, 0.3) is 0 Å². The van der Waals surface area contributed by atoms with Crippen molar-refractivity contribution in [3.63, 3.8) is 0 Å². The van der Waals surface area contributed by atoms with Gasteiger partial charge >= 0.3 is 0 Å². The lowest BCUT2D eigenvalue weighted by atomic mass is 9.93. The van der Waals surface area contributed by atoms with Gasteiger partial charge in [-0.3, -0.25) is 4.79 Å². The van der Waals surface area contributed by atoms with Gasteiger partial charge in [-0.15, -0.1) is 0 Å². The molecular formula is C21H16O3. The summed E-state index contributed by atoms with van der Waals surface area (Å²) in [5, 5.41) is 1.97. The number of carbonyl (C=O) groups excluding carboxylic acids is 1. The molecule has 24 heavy (non-hydrogen) atoms. The molecule has 0 spiro atoms. The topological polar surface area (TPSA) is 35.5 Å². The third kappa shape index (κ3) is 2.44. The molecule has 0 N–H and O–H groups in total. The number of ether oxygens (including phenoxy) is 2. The van der Waals surface area contributed by atoms with Crippen LogP contribution in [0.15, 0.2) is 66.2 Å². The Morgan fingerprint density at radius 2 is 1.79 bits per heavy atom. The minimum Gasteiger partial charge on any atom is -0.497 e. The third-order valence-corrected chi connectivity index (χ3v) is 4.25. The molecule has 3 aromatic rings. The van der Waals surface area contributed by atoms with E-state index in [1.54, 1.807) is 7.11 Å². The molecule has 0 bridgehead atoms. The highest BCUT2D eigenvalue weighted by Crippen LogP contribution is 2.34. The van der Waals surface area contributed by atoms with Crippen LogP contribution < -0.4 is 9.47 Å². The number of carbonyl (C=O) groups is 1. The lowest BCUT2D eigenvalue weighted by Gasteiger charge is -2.20. The van der Waals surface area contributed by atoms with Crippen molar-refractivity contribution in [1.29, 1.82) is 0 Å². The van der Waals surface area contributed by atoms with Crippen LogP contribution in [0.3, 0.4) is 0 Å². The molecule has 3 heteroatoms. The first-order valence-electron chi connectivity index (χ1n) is 7.80. The number of hydrogen-bond acceptors (Lipinski definition) is 3. The summed E-state index contributed by atoms with van der Waals surface area (Å²) in [6, 6.07) is 19.4. The molecule has 0 radical (unpaired) electrons. The van der Waals surface area contributed by atoms with Gasteiger partial charge in [-0.1, -0.05) is 42.5 Å². The van der Waals surface area contributed by atoms with E-state index in [2.05, 4.69) is 0 Å². The first kappa shape index (κ1) is 14.5. The molecule has 0 fully saturated rings. The molecule has 0 unspecified atom stereocenters. The Labute approximate surface area is 140 Å². The number of Topliss-reactive ketones (excluding diaryl/α,β-unsaturated/α-hetero) is 1. The van der Waals surface area contributed by atoms with Crippen LogP contribution in [0.25, 0.3) is 16.8 Å². The maximum absolute atomic E-state index is 13.0. The van der Waals surface area contributed by atoms with Crippen LogP contribution >= 0.6 is 0 Å². The largest absolute Gasteiger partial charge is 0.497 e. The van der Waals surface area contributed by atoms with Gasteiger partial charge in [0, 0.05) is 5.57 Å². The van der Waals surface area contributed by atoms with Crippen LogP contribution in [-0.4, -0.2) is 19.5 Å². The number of rotatable bonds is 2. The van der Waals surface area contributed by atoms with E-state index < -0.39 is 0 Å². The Morgan fingerprint density at radius 1 is 1.00 bits per heavy atom. The van der Waals surface area contributed by atoms with Gasteiger partial charge in [-0.25, -0.2) is 0 Å². The number of benzene rings is 3. The number of ketones is 1. The zero-order valence-electron chi connectivity index (χ0n) is 13.3. The average Bonchev–Trinajstić information content (AvgIpc) is 2.64. The minimum atomic E-state index is 0.0314. The standard InChI is InChI=1S/C21H16O3/c1-23-17-9-6-14(7-10-17)12-16-13-24-19-11-8-15-4-2-3-5-18(15)20(19)21(16)22/h2-12H,13H2,1H3/b16-12+. The molecule has 3 nitrogen and oxygen atoms in total. The van der Waals surface area contributed by atoms with E-state index in [4.69, 9.17) is 9.47 Å². The summed E-state index contributed by atoms with van der Waals surface area (Å²) in [6.45, 7) is 0.288. The molecule has 3 aromatic carbocycles. The molecule has 1 aliphatic heterocycles. The number of methoxy groups -OCH3 is 1. The molecule has 1 aliphatic rings. The van der Waals surface area contributed by atoms with Crippen LogP contribution in [0.5, 0.6) is 11.5 Å². The lowest BCUT2D eigenvalue weighted by molar-refractivity contribution is 0.100. The fourth-order valence-corrected chi connectivity index (χ4v) is 3.00. The Balaban J connectivity index is 1.78. The predicted octanol–water partition coefficient (Wildman–Crippen LogP) is 4.51. The first-order valence-corrected chi connectivity index (χ1v) is 7.80. The third-order valence-electron chi connectivity index (χ3n) is 4.25. The van der Waals surface area contributed by atoms with Crippen molar-refractivity contribution < 1.29 is 14.3 Å². The second-order valence-corrected chi connectivity index (χ2v) is 5.72. The maximum atomic E-state index is 13.0. The minimum absolute atomic E-state index is 0.0314. The lowest BCUT2D eigenvalue weighted by Crippen LogP contribution is -2.19. The molecular weight excluding hydrogens is 300 g/mol. The molecule has 0 aromatic heterocycles. The molecule has 1 heterocycles. The Hall–Kier alpha value is -3.07. The van der Waals surface area contributed by atoms with Crippen molar-refractivity contribution in [1.82, 2.24) is 0 Å². The zero-order chi connectivity index (χ0) is 16.5. The van der Waals surface area contributed by atoms with Gasteiger partial charge in [0.15, 0.2) is 5.78 Å². The van der Waals surface area contributed by atoms with Gasteiger partial charge in [-0.05, 0) is 40.6 Å². The monoisotopic (exact) mass is 316 g/mol. The maximum Gasteiger partial charge on any atom is 0.196 e. The average molecular weight is 316 g/mol. The van der Waals surface area contributed by atoms with Gasteiger partial charge in [0.2, 0.25) is 0 Å². The second-order valence-electron chi connectivity index (χ2n) is 5.72. The van der Waals surface area contributed by atoms with E-state index in [-0.39, 0.29) is 12.4 Å². The summed E-state index contributed by atoms with van der Waals surface area (Å²) in [6.07, 6.45) is 1.88. The van der Waals surface area contributed by atoms with Gasteiger partial charge < -0.3 is 9.47 Å². The summed E-state index contributed by atoms with van der Waals surface area (Å²) in [7, 11) is 1.63. The fraction of sp³-hybridized carbons (Fsp3) is 0.0952. The molecule has 118 valence electrons. The van der Waals surface area contributed by atoms with E-state index in [0.29, 0.717) is 16.9 Å². The predicted molar refractivity (Wildman–Crippen MR) is 94.7 cm³/mol. The fourth-order valence-electron chi connectivity index (χ4n) is 3.00. The number of fused-ring (bicyclic) bond motifs is 3. The van der Waals surface area contributed by atoms with Crippen molar-refractivity contribution in [2.75, 3.05) is 13.7 Å². The Kier molecular flexibility index (Phi) is 3.54. The van der Waals surface area contributed by atoms with Crippen molar-refractivity contribution >= 4 is 22.6 Å². The Bertz CT molecular complexity index is 952. The zero-order valence-corrected chi connectivity index (χ0v) is 13.3. The Morgan fingerprint density at radius 3 is 2.58 bits per heavy atom. The SMILES string of the molecule is COc1ccc(/C=C2\COc3ccc4ccccc4c3C2=O)cc1. The van der Waals surface area contributed by atoms with Crippen molar-refractivity contribution in [2.24, 2.45) is 0 Å². The molecule has 0 saturated carbocycles. The number of hydrogen-bond donors (Lipinski definition) is 0. The van der Waals surface area contributed by atoms with Crippen molar-refractivity contribution in [3.8, 4) is 11.5 Å². The van der Waals surface area contributed by atoms with Crippen LogP contribution in [-0.2, 0) is 0 Å². The summed E-state index contributed by atoms with van der Waals surface area (Å²) in [4.78, 5) is 13.0. The summed E-state index contributed by atoms with van der Waals surface area (Å²) >= 11 is 0. The second kappa shape index (κ2) is 5.85. The molecule has 0 amide bonds. The van der Waals surface area contributed by atoms with Crippen LogP contribution in [0.1, 0.15) is 15.9 Å².